The van der Waals surface area contributed by atoms with Crippen LogP contribution in [0.15, 0.2) is 35.7 Å². The summed E-state index contributed by atoms with van der Waals surface area (Å²) in [5, 5.41) is 12.0. The monoisotopic (exact) mass is 374 g/mol. The third kappa shape index (κ3) is 5.00. The number of carbonyl (C=O) groups excluding carboxylic acids is 1. The third-order valence-electron chi connectivity index (χ3n) is 4.66. The van der Waals surface area contributed by atoms with Crippen LogP contribution in [0, 0.1) is 0 Å². The van der Waals surface area contributed by atoms with Crippen molar-refractivity contribution in [3.63, 3.8) is 0 Å². The lowest BCUT2D eigenvalue weighted by molar-refractivity contribution is -0.119. The first-order valence-corrected chi connectivity index (χ1v) is 10.2. The van der Waals surface area contributed by atoms with Crippen LogP contribution in [0.4, 0.5) is 0 Å². The Morgan fingerprint density at radius 2 is 1.96 bits per heavy atom. The molecule has 1 fully saturated rings. The van der Waals surface area contributed by atoms with E-state index in [-0.39, 0.29) is 5.91 Å². The van der Waals surface area contributed by atoms with Gasteiger partial charge in [0.1, 0.15) is 12.1 Å². The van der Waals surface area contributed by atoms with Crippen LogP contribution in [-0.4, -0.2) is 39.6 Å². The molecule has 1 aromatic heterocycles. The third-order valence-corrected chi connectivity index (χ3v) is 5.61. The topological polar surface area (TPSA) is 69.0 Å². The number of nitrogens with one attached hydrogen (secondary N) is 1. The number of ether oxygens (including phenoxy) is 1. The average Bonchev–Trinajstić information content (AvgIpc) is 3.10. The van der Waals surface area contributed by atoms with E-state index in [9.17, 15) is 4.79 Å². The van der Waals surface area contributed by atoms with Crippen LogP contribution in [0.2, 0.25) is 0 Å². The number of thioether (sulfide) groups is 1. The number of rotatable bonds is 6. The van der Waals surface area contributed by atoms with Gasteiger partial charge in [0.05, 0.1) is 18.6 Å². The number of nitrogens with zero attached hydrogens (tertiary/aromatic N) is 3. The first kappa shape index (κ1) is 18.8. The number of aromatic nitrogens is 3. The molecular formula is C19H26N4O2S. The Morgan fingerprint density at radius 1 is 1.23 bits per heavy atom. The summed E-state index contributed by atoms with van der Waals surface area (Å²) >= 11 is 1.40. The van der Waals surface area contributed by atoms with Gasteiger partial charge in [-0.15, -0.1) is 10.2 Å². The van der Waals surface area contributed by atoms with Gasteiger partial charge in [-0.1, -0.05) is 56.0 Å². The molecule has 26 heavy (non-hydrogen) atoms. The summed E-state index contributed by atoms with van der Waals surface area (Å²) < 4.78 is 7.26. The molecule has 1 amide bonds. The van der Waals surface area contributed by atoms with Crippen LogP contribution >= 0.6 is 11.8 Å². The maximum absolute atomic E-state index is 12.4. The number of benzene rings is 1. The summed E-state index contributed by atoms with van der Waals surface area (Å²) in [7, 11) is 1.64. The smallest absolute Gasteiger partial charge is 0.230 e. The predicted molar refractivity (Wildman–Crippen MR) is 103 cm³/mol. The highest BCUT2D eigenvalue weighted by molar-refractivity contribution is 7.99. The Balaban J connectivity index is 1.58. The van der Waals surface area contributed by atoms with E-state index in [1.54, 1.807) is 13.4 Å². The number of para-hydroxylation sites is 2. The Bertz CT molecular complexity index is 711. The molecule has 0 saturated heterocycles. The van der Waals surface area contributed by atoms with Crippen molar-refractivity contribution in [1.82, 2.24) is 20.1 Å². The van der Waals surface area contributed by atoms with Crippen molar-refractivity contribution in [3.05, 3.63) is 30.6 Å². The molecule has 0 atom stereocenters. The molecule has 6 nitrogen and oxygen atoms in total. The highest BCUT2D eigenvalue weighted by Gasteiger charge is 2.16. The second kappa shape index (κ2) is 9.62. The molecule has 1 heterocycles. The number of hydrogen-bond acceptors (Lipinski definition) is 5. The summed E-state index contributed by atoms with van der Waals surface area (Å²) in [6.45, 7) is 0. The molecule has 1 aliphatic rings. The van der Waals surface area contributed by atoms with Gasteiger partial charge >= 0.3 is 0 Å². The Kier molecular flexibility index (Phi) is 6.94. The zero-order valence-electron chi connectivity index (χ0n) is 15.2. The summed E-state index contributed by atoms with van der Waals surface area (Å²) in [4.78, 5) is 12.4. The first-order chi connectivity index (χ1) is 12.8. The van der Waals surface area contributed by atoms with Gasteiger partial charge in [-0.2, -0.15) is 0 Å². The molecule has 7 heteroatoms. The molecule has 1 aromatic carbocycles. The fraction of sp³-hybridized carbons (Fsp3) is 0.526. The standard InChI is InChI=1S/C19H26N4O2S/c1-25-17-12-8-7-11-16(17)23-14-20-22-19(23)26-13-18(24)21-15-9-5-3-2-4-6-10-15/h7-8,11-12,14-15H,2-6,9-10,13H2,1H3,(H,21,24). The van der Waals surface area contributed by atoms with Gasteiger partial charge in [-0.25, -0.2) is 0 Å². The van der Waals surface area contributed by atoms with E-state index in [4.69, 9.17) is 4.74 Å². The van der Waals surface area contributed by atoms with E-state index < -0.39 is 0 Å². The molecule has 0 bridgehead atoms. The fourth-order valence-electron chi connectivity index (χ4n) is 3.32. The summed E-state index contributed by atoms with van der Waals surface area (Å²) in [5.41, 5.74) is 0.864. The maximum Gasteiger partial charge on any atom is 0.230 e. The Morgan fingerprint density at radius 3 is 2.73 bits per heavy atom. The Labute approximate surface area is 158 Å². The second-order valence-electron chi connectivity index (χ2n) is 6.55. The summed E-state index contributed by atoms with van der Waals surface area (Å²) in [6.07, 6.45) is 10.1. The molecule has 0 spiro atoms. The van der Waals surface area contributed by atoms with Crippen molar-refractivity contribution in [1.29, 1.82) is 0 Å². The van der Waals surface area contributed by atoms with E-state index in [2.05, 4.69) is 15.5 Å². The molecule has 1 saturated carbocycles. The van der Waals surface area contributed by atoms with Crippen molar-refractivity contribution in [2.75, 3.05) is 12.9 Å². The zero-order chi connectivity index (χ0) is 18.2. The number of hydrogen-bond donors (Lipinski definition) is 1. The van der Waals surface area contributed by atoms with Gasteiger partial charge in [-0.3, -0.25) is 9.36 Å². The molecule has 1 N–H and O–H groups in total. The molecule has 1 aliphatic carbocycles. The van der Waals surface area contributed by atoms with E-state index in [0.29, 0.717) is 17.0 Å². The lowest BCUT2D eigenvalue weighted by atomic mass is 9.97. The van der Waals surface area contributed by atoms with Crippen molar-refractivity contribution in [2.24, 2.45) is 0 Å². The summed E-state index contributed by atoms with van der Waals surface area (Å²) in [5.74, 6) is 1.15. The molecule has 0 aliphatic heterocycles. The van der Waals surface area contributed by atoms with Crippen LogP contribution in [0.25, 0.3) is 5.69 Å². The van der Waals surface area contributed by atoms with Gasteiger partial charge in [0, 0.05) is 6.04 Å². The predicted octanol–water partition coefficient (Wildman–Crippen LogP) is 3.60. The minimum Gasteiger partial charge on any atom is -0.495 e. The fourth-order valence-corrected chi connectivity index (χ4v) is 4.05. The van der Waals surface area contributed by atoms with Gasteiger partial charge in [-0.05, 0) is 25.0 Å². The first-order valence-electron chi connectivity index (χ1n) is 9.23. The zero-order valence-corrected chi connectivity index (χ0v) is 16.0. The maximum atomic E-state index is 12.4. The van der Waals surface area contributed by atoms with Gasteiger partial charge < -0.3 is 10.1 Å². The quantitative estimate of drug-likeness (QED) is 0.783. The molecule has 0 radical (unpaired) electrons. The summed E-state index contributed by atoms with van der Waals surface area (Å²) in [6, 6.07) is 8.01. The van der Waals surface area contributed by atoms with Crippen LogP contribution < -0.4 is 10.1 Å². The largest absolute Gasteiger partial charge is 0.495 e. The molecule has 140 valence electrons. The van der Waals surface area contributed by atoms with Crippen LogP contribution in [0.5, 0.6) is 5.75 Å². The van der Waals surface area contributed by atoms with Crippen molar-refractivity contribution in [3.8, 4) is 11.4 Å². The van der Waals surface area contributed by atoms with Gasteiger partial charge in [0.2, 0.25) is 5.91 Å². The van der Waals surface area contributed by atoms with Crippen molar-refractivity contribution < 1.29 is 9.53 Å². The molecular weight excluding hydrogens is 348 g/mol. The average molecular weight is 375 g/mol. The Hall–Kier alpha value is -2.02. The highest BCUT2D eigenvalue weighted by atomic mass is 32.2. The lowest BCUT2D eigenvalue weighted by Gasteiger charge is -2.20. The van der Waals surface area contributed by atoms with Gasteiger partial charge in [0.25, 0.3) is 0 Å². The lowest BCUT2D eigenvalue weighted by Crippen LogP contribution is -2.36. The minimum absolute atomic E-state index is 0.0650. The van der Waals surface area contributed by atoms with Crippen LogP contribution in [0.1, 0.15) is 44.9 Å². The van der Waals surface area contributed by atoms with E-state index in [0.717, 1.165) is 24.3 Å². The molecule has 0 unspecified atom stereocenters. The molecule has 2 aromatic rings. The number of carbonyl (C=O) groups is 1. The highest BCUT2D eigenvalue weighted by Crippen LogP contribution is 2.26. The van der Waals surface area contributed by atoms with E-state index >= 15 is 0 Å². The van der Waals surface area contributed by atoms with Crippen molar-refractivity contribution in [2.45, 2.75) is 56.1 Å². The second-order valence-corrected chi connectivity index (χ2v) is 7.50. The van der Waals surface area contributed by atoms with E-state index in [1.165, 1.54) is 43.9 Å². The van der Waals surface area contributed by atoms with Gasteiger partial charge in [0.15, 0.2) is 5.16 Å². The minimum atomic E-state index is 0.0650. The normalized spacial score (nSPS) is 15.9. The van der Waals surface area contributed by atoms with Crippen molar-refractivity contribution >= 4 is 17.7 Å². The van der Waals surface area contributed by atoms with Crippen LogP contribution in [0.3, 0.4) is 0 Å². The van der Waals surface area contributed by atoms with Crippen LogP contribution in [-0.2, 0) is 4.79 Å². The molecule has 3 rings (SSSR count). The van der Waals surface area contributed by atoms with E-state index in [1.807, 2.05) is 28.8 Å². The number of methoxy groups -OCH3 is 1. The number of amides is 1. The SMILES string of the molecule is COc1ccccc1-n1cnnc1SCC(=O)NC1CCCCCCC1.